The maximum atomic E-state index is 12.1. The van der Waals surface area contributed by atoms with Crippen molar-refractivity contribution in [1.82, 2.24) is 15.1 Å². The number of amides is 2. The Morgan fingerprint density at radius 3 is 2.83 bits per heavy atom. The number of nitrogens with one attached hydrogen (secondary N) is 2. The Kier molecular flexibility index (Phi) is 4.62. The summed E-state index contributed by atoms with van der Waals surface area (Å²) < 4.78 is 7.34. The zero-order valence-electron chi connectivity index (χ0n) is 13.5. The molecule has 1 fully saturated rings. The van der Waals surface area contributed by atoms with E-state index in [4.69, 9.17) is 4.74 Å². The lowest BCUT2D eigenvalue weighted by atomic mass is 10.2. The van der Waals surface area contributed by atoms with Gasteiger partial charge in [0.1, 0.15) is 0 Å². The maximum Gasteiger partial charge on any atom is 0.319 e. The van der Waals surface area contributed by atoms with Crippen molar-refractivity contribution in [1.29, 1.82) is 0 Å². The van der Waals surface area contributed by atoms with Gasteiger partial charge in [0.15, 0.2) is 0 Å². The average molecular weight is 314 g/mol. The van der Waals surface area contributed by atoms with Gasteiger partial charge in [0, 0.05) is 13.2 Å². The number of aryl methyl sites for hydroxylation is 1. The van der Waals surface area contributed by atoms with Gasteiger partial charge in [-0.3, -0.25) is 0 Å². The van der Waals surface area contributed by atoms with Crippen molar-refractivity contribution in [3.63, 3.8) is 0 Å². The first-order chi connectivity index (χ1) is 11.1. The maximum absolute atomic E-state index is 12.1. The summed E-state index contributed by atoms with van der Waals surface area (Å²) in [5.74, 6) is 0. The highest BCUT2D eigenvalue weighted by atomic mass is 16.5. The number of carbonyl (C=O) groups excluding carboxylic acids is 1. The Labute approximate surface area is 135 Å². The molecule has 2 aromatic rings. The minimum atomic E-state index is -0.223. The van der Waals surface area contributed by atoms with Crippen LogP contribution in [0.3, 0.4) is 0 Å². The van der Waals surface area contributed by atoms with E-state index in [9.17, 15) is 4.79 Å². The monoisotopic (exact) mass is 314 g/mol. The Hall–Kier alpha value is -2.34. The minimum absolute atomic E-state index is 0.134. The van der Waals surface area contributed by atoms with E-state index in [0.717, 1.165) is 42.2 Å². The summed E-state index contributed by atoms with van der Waals surface area (Å²) in [6, 6.07) is 9.65. The summed E-state index contributed by atoms with van der Waals surface area (Å²) in [5.41, 5.74) is 3.42. The molecule has 0 bridgehead atoms. The molecule has 1 aromatic carbocycles. The highest BCUT2D eigenvalue weighted by Crippen LogP contribution is 2.22. The average Bonchev–Trinajstić information content (AvgIpc) is 3.17. The third kappa shape index (κ3) is 3.53. The second-order valence-corrected chi connectivity index (χ2v) is 5.76. The van der Waals surface area contributed by atoms with Crippen LogP contribution in [0.1, 0.15) is 24.2 Å². The van der Waals surface area contributed by atoms with Crippen molar-refractivity contribution >= 4 is 11.7 Å². The van der Waals surface area contributed by atoms with E-state index < -0.39 is 0 Å². The van der Waals surface area contributed by atoms with Crippen molar-refractivity contribution in [3.05, 3.63) is 41.7 Å². The first-order valence-corrected chi connectivity index (χ1v) is 7.93. The first-order valence-electron chi connectivity index (χ1n) is 7.93. The van der Waals surface area contributed by atoms with Gasteiger partial charge in [-0.15, -0.1) is 0 Å². The van der Waals surface area contributed by atoms with Crippen molar-refractivity contribution in [2.45, 2.75) is 32.8 Å². The van der Waals surface area contributed by atoms with E-state index in [1.165, 1.54) is 0 Å². The van der Waals surface area contributed by atoms with Crippen LogP contribution in [0.2, 0.25) is 0 Å². The molecule has 6 nitrogen and oxygen atoms in total. The molecule has 3 rings (SSSR count). The fourth-order valence-electron chi connectivity index (χ4n) is 2.81. The fraction of sp³-hybridized carbons (Fsp3) is 0.412. The highest BCUT2D eigenvalue weighted by molar-refractivity contribution is 5.90. The molecule has 1 saturated heterocycles. The van der Waals surface area contributed by atoms with Gasteiger partial charge in [-0.2, -0.15) is 5.10 Å². The number of anilines is 1. The molecular weight excluding hydrogens is 292 g/mol. The molecule has 1 aromatic heterocycles. The molecule has 1 atom stereocenters. The van der Waals surface area contributed by atoms with Gasteiger partial charge in [-0.1, -0.05) is 18.2 Å². The number of hydrogen-bond acceptors (Lipinski definition) is 3. The predicted octanol–water partition coefficient (Wildman–Crippen LogP) is 2.79. The van der Waals surface area contributed by atoms with Crippen molar-refractivity contribution in [2.75, 3.05) is 18.5 Å². The molecule has 0 spiro atoms. The van der Waals surface area contributed by atoms with Crippen LogP contribution in [-0.2, 0) is 4.74 Å². The fourth-order valence-corrected chi connectivity index (χ4v) is 2.81. The zero-order chi connectivity index (χ0) is 16.2. The third-order valence-electron chi connectivity index (χ3n) is 4.04. The van der Waals surface area contributed by atoms with Crippen LogP contribution in [0, 0.1) is 13.8 Å². The van der Waals surface area contributed by atoms with E-state index in [1.807, 2.05) is 48.9 Å². The highest BCUT2D eigenvalue weighted by Gasteiger charge is 2.18. The molecule has 2 amide bonds. The number of benzene rings is 1. The molecule has 1 unspecified atom stereocenters. The van der Waals surface area contributed by atoms with Gasteiger partial charge >= 0.3 is 6.03 Å². The molecule has 0 aliphatic carbocycles. The topological polar surface area (TPSA) is 68.2 Å². The van der Waals surface area contributed by atoms with Crippen molar-refractivity contribution in [2.24, 2.45) is 0 Å². The van der Waals surface area contributed by atoms with Gasteiger partial charge in [-0.25, -0.2) is 9.48 Å². The van der Waals surface area contributed by atoms with Crippen LogP contribution in [0.5, 0.6) is 0 Å². The lowest BCUT2D eigenvalue weighted by Gasteiger charge is -2.12. The quantitative estimate of drug-likeness (QED) is 0.912. The predicted molar refractivity (Wildman–Crippen MR) is 89.0 cm³/mol. The standard InChI is InChI=1S/C17H22N4O2/c1-12-16(19-17(22)18-11-15-9-6-10-23-15)13(2)21(20-12)14-7-4-3-5-8-14/h3-5,7-8,15H,6,9-11H2,1-2H3,(H2,18,19,22). The molecular formula is C17H22N4O2. The Balaban J connectivity index is 1.68. The van der Waals surface area contributed by atoms with Crippen LogP contribution >= 0.6 is 0 Å². The second kappa shape index (κ2) is 6.83. The Bertz CT molecular complexity index is 675. The minimum Gasteiger partial charge on any atom is -0.376 e. The number of para-hydroxylation sites is 1. The number of nitrogens with zero attached hydrogens (tertiary/aromatic N) is 2. The van der Waals surface area contributed by atoms with Gasteiger partial charge < -0.3 is 15.4 Å². The lowest BCUT2D eigenvalue weighted by Crippen LogP contribution is -2.35. The van der Waals surface area contributed by atoms with Crippen molar-refractivity contribution < 1.29 is 9.53 Å². The SMILES string of the molecule is Cc1nn(-c2ccccc2)c(C)c1NC(=O)NCC1CCCO1. The molecule has 2 heterocycles. The number of carbonyl (C=O) groups is 1. The van der Waals surface area contributed by atoms with Crippen LogP contribution in [0.25, 0.3) is 5.69 Å². The van der Waals surface area contributed by atoms with E-state index in [-0.39, 0.29) is 12.1 Å². The van der Waals surface area contributed by atoms with Crippen LogP contribution in [0.15, 0.2) is 30.3 Å². The Morgan fingerprint density at radius 2 is 2.13 bits per heavy atom. The molecule has 6 heteroatoms. The third-order valence-corrected chi connectivity index (χ3v) is 4.04. The summed E-state index contributed by atoms with van der Waals surface area (Å²) in [5, 5.41) is 10.3. The van der Waals surface area contributed by atoms with E-state index in [2.05, 4.69) is 15.7 Å². The molecule has 2 N–H and O–H groups in total. The second-order valence-electron chi connectivity index (χ2n) is 5.76. The zero-order valence-corrected chi connectivity index (χ0v) is 13.5. The normalized spacial score (nSPS) is 17.2. The summed E-state index contributed by atoms with van der Waals surface area (Å²) in [7, 11) is 0. The van der Waals surface area contributed by atoms with E-state index in [0.29, 0.717) is 6.54 Å². The van der Waals surface area contributed by atoms with Gasteiger partial charge in [0.05, 0.1) is 28.9 Å². The van der Waals surface area contributed by atoms with Crippen LogP contribution < -0.4 is 10.6 Å². The number of hydrogen-bond donors (Lipinski definition) is 2. The largest absolute Gasteiger partial charge is 0.376 e. The summed E-state index contributed by atoms with van der Waals surface area (Å²) in [6.07, 6.45) is 2.20. The molecule has 0 saturated carbocycles. The van der Waals surface area contributed by atoms with Crippen molar-refractivity contribution in [3.8, 4) is 5.69 Å². The van der Waals surface area contributed by atoms with E-state index >= 15 is 0 Å². The Morgan fingerprint density at radius 1 is 1.35 bits per heavy atom. The van der Waals surface area contributed by atoms with Crippen LogP contribution in [-0.4, -0.2) is 35.1 Å². The molecule has 1 aliphatic heterocycles. The number of ether oxygens (including phenoxy) is 1. The summed E-state index contributed by atoms with van der Waals surface area (Å²) in [6.45, 7) is 5.16. The number of rotatable bonds is 4. The molecule has 0 radical (unpaired) electrons. The summed E-state index contributed by atoms with van der Waals surface area (Å²) in [4.78, 5) is 12.1. The van der Waals surface area contributed by atoms with Gasteiger partial charge in [0.2, 0.25) is 0 Å². The molecule has 1 aliphatic rings. The summed E-state index contributed by atoms with van der Waals surface area (Å²) >= 11 is 0. The van der Waals surface area contributed by atoms with Crippen LogP contribution in [0.4, 0.5) is 10.5 Å². The smallest absolute Gasteiger partial charge is 0.319 e. The van der Waals surface area contributed by atoms with E-state index in [1.54, 1.807) is 0 Å². The molecule has 23 heavy (non-hydrogen) atoms. The number of urea groups is 1. The number of aromatic nitrogens is 2. The lowest BCUT2D eigenvalue weighted by molar-refractivity contribution is 0.112. The molecule has 122 valence electrons. The van der Waals surface area contributed by atoms with Gasteiger partial charge in [0.25, 0.3) is 0 Å². The van der Waals surface area contributed by atoms with Gasteiger partial charge in [-0.05, 0) is 38.8 Å². The first kappa shape index (κ1) is 15.6.